The first-order valence-corrected chi connectivity index (χ1v) is 6.86. The summed E-state index contributed by atoms with van der Waals surface area (Å²) in [5, 5.41) is 12.6. The van der Waals surface area contributed by atoms with E-state index in [1.54, 1.807) is 0 Å². The SMILES string of the molecule is CCCCC1CC(NCC)CN(CCO)C1. The Morgan fingerprint density at radius 2 is 2.12 bits per heavy atom. The summed E-state index contributed by atoms with van der Waals surface area (Å²) in [5.41, 5.74) is 0. The lowest BCUT2D eigenvalue weighted by Crippen LogP contribution is -2.49. The van der Waals surface area contributed by atoms with Crippen LogP contribution in [0.15, 0.2) is 0 Å². The Kier molecular flexibility index (Phi) is 7.01. The average molecular weight is 228 g/mol. The molecule has 0 aliphatic carbocycles. The summed E-state index contributed by atoms with van der Waals surface area (Å²) in [6, 6.07) is 0.632. The van der Waals surface area contributed by atoms with Crippen LogP contribution in [0.3, 0.4) is 0 Å². The van der Waals surface area contributed by atoms with Crippen molar-refractivity contribution in [3.05, 3.63) is 0 Å². The Morgan fingerprint density at radius 1 is 1.31 bits per heavy atom. The minimum atomic E-state index is 0.291. The van der Waals surface area contributed by atoms with Gasteiger partial charge in [-0.3, -0.25) is 4.90 Å². The lowest BCUT2D eigenvalue weighted by Gasteiger charge is -2.38. The third-order valence-electron chi connectivity index (χ3n) is 3.49. The first-order chi connectivity index (χ1) is 7.80. The molecule has 3 heteroatoms. The molecule has 0 radical (unpaired) electrons. The van der Waals surface area contributed by atoms with Gasteiger partial charge in [-0.05, 0) is 25.3 Å². The van der Waals surface area contributed by atoms with Crippen LogP contribution in [0.25, 0.3) is 0 Å². The molecule has 3 nitrogen and oxygen atoms in total. The second-order valence-corrected chi connectivity index (χ2v) is 4.98. The smallest absolute Gasteiger partial charge is 0.0558 e. The second-order valence-electron chi connectivity index (χ2n) is 4.98. The monoisotopic (exact) mass is 228 g/mol. The van der Waals surface area contributed by atoms with Crippen molar-refractivity contribution >= 4 is 0 Å². The van der Waals surface area contributed by atoms with Crippen LogP contribution in [0.4, 0.5) is 0 Å². The van der Waals surface area contributed by atoms with E-state index in [2.05, 4.69) is 24.1 Å². The van der Waals surface area contributed by atoms with Gasteiger partial charge in [0, 0.05) is 25.7 Å². The Bertz CT molecular complexity index is 161. The number of unbranched alkanes of at least 4 members (excludes halogenated alkanes) is 1. The van der Waals surface area contributed by atoms with E-state index in [-0.39, 0.29) is 0 Å². The van der Waals surface area contributed by atoms with Crippen molar-refractivity contribution in [3.63, 3.8) is 0 Å². The normalized spacial score (nSPS) is 27.2. The molecular weight excluding hydrogens is 200 g/mol. The highest BCUT2D eigenvalue weighted by atomic mass is 16.3. The van der Waals surface area contributed by atoms with Gasteiger partial charge in [0.25, 0.3) is 0 Å². The number of aliphatic hydroxyl groups is 1. The number of β-amino-alcohol motifs (C(OH)–C–C–N with tert-alkyl or cyclic N) is 1. The minimum absolute atomic E-state index is 0.291. The van der Waals surface area contributed by atoms with Gasteiger partial charge in [0.15, 0.2) is 0 Å². The van der Waals surface area contributed by atoms with Crippen LogP contribution < -0.4 is 5.32 Å². The average Bonchev–Trinajstić information content (AvgIpc) is 2.27. The summed E-state index contributed by atoms with van der Waals surface area (Å²) in [6.07, 6.45) is 5.30. The molecule has 0 amide bonds. The summed E-state index contributed by atoms with van der Waals surface area (Å²) in [4.78, 5) is 2.41. The van der Waals surface area contributed by atoms with E-state index in [4.69, 9.17) is 5.11 Å². The van der Waals surface area contributed by atoms with Gasteiger partial charge < -0.3 is 10.4 Å². The minimum Gasteiger partial charge on any atom is -0.395 e. The molecule has 1 saturated heterocycles. The maximum atomic E-state index is 9.03. The zero-order valence-corrected chi connectivity index (χ0v) is 10.9. The summed E-state index contributed by atoms with van der Waals surface area (Å²) in [7, 11) is 0. The topological polar surface area (TPSA) is 35.5 Å². The van der Waals surface area contributed by atoms with Crippen molar-refractivity contribution in [2.24, 2.45) is 5.92 Å². The van der Waals surface area contributed by atoms with Crippen LogP contribution in [-0.4, -0.2) is 48.8 Å². The summed E-state index contributed by atoms with van der Waals surface area (Å²) < 4.78 is 0. The van der Waals surface area contributed by atoms with Crippen LogP contribution in [0.2, 0.25) is 0 Å². The number of hydrogen-bond donors (Lipinski definition) is 2. The number of rotatable bonds is 7. The molecule has 0 bridgehead atoms. The molecular formula is C13H28N2O. The summed E-state index contributed by atoms with van der Waals surface area (Å²) >= 11 is 0. The molecule has 1 fully saturated rings. The molecule has 2 N–H and O–H groups in total. The van der Waals surface area contributed by atoms with Gasteiger partial charge in [-0.25, -0.2) is 0 Å². The van der Waals surface area contributed by atoms with E-state index in [9.17, 15) is 0 Å². The number of aliphatic hydroxyl groups excluding tert-OH is 1. The second kappa shape index (κ2) is 8.04. The van der Waals surface area contributed by atoms with Gasteiger partial charge in [-0.15, -0.1) is 0 Å². The van der Waals surface area contributed by atoms with E-state index >= 15 is 0 Å². The van der Waals surface area contributed by atoms with Crippen LogP contribution in [0.1, 0.15) is 39.5 Å². The highest BCUT2D eigenvalue weighted by Crippen LogP contribution is 2.21. The number of nitrogens with zero attached hydrogens (tertiary/aromatic N) is 1. The van der Waals surface area contributed by atoms with Gasteiger partial charge in [0.1, 0.15) is 0 Å². The number of piperidine rings is 1. The van der Waals surface area contributed by atoms with Crippen LogP contribution in [0, 0.1) is 5.92 Å². The van der Waals surface area contributed by atoms with Gasteiger partial charge in [0.2, 0.25) is 0 Å². The Hall–Kier alpha value is -0.120. The first kappa shape index (κ1) is 13.9. The molecule has 0 saturated carbocycles. The molecule has 1 aliphatic rings. The zero-order chi connectivity index (χ0) is 11.8. The van der Waals surface area contributed by atoms with E-state index in [1.165, 1.54) is 32.2 Å². The predicted octanol–water partition coefficient (Wildman–Crippen LogP) is 1.47. The van der Waals surface area contributed by atoms with E-state index in [0.717, 1.165) is 25.6 Å². The maximum Gasteiger partial charge on any atom is 0.0558 e. The molecule has 16 heavy (non-hydrogen) atoms. The largest absolute Gasteiger partial charge is 0.395 e. The van der Waals surface area contributed by atoms with E-state index in [0.29, 0.717) is 12.6 Å². The Labute approximate surface area is 100 Å². The summed E-state index contributed by atoms with van der Waals surface area (Å²) in [5.74, 6) is 0.823. The Morgan fingerprint density at radius 3 is 2.75 bits per heavy atom. The van der Waals surface area contributed by atoms with E-state index < -0.39 is 0 Å². The van der Waals surface area contributed by atoms with Crippen LogP contribution >= 0.6 is 0 Å². The lowest BCUT2D eigenvalue weighted by atomic mass is 9.90. The summed E-state index contributed by atoms with van der Waals surface area (Å²) in [6.45, 7) is 8.91. The third kappa shape index (κ3) is 4.81. The van der Waals surface area contributed by atoms with Gasteiger partial charge >= 0.3 is 0 Å². The fraction of sp³-hybridized carbons (Fsp3) is 1.00. The number of likely N-dealkylation sites (N-methyl/N-ethyl adjacent to an activating group) is 1. The fourth-order valence-corrected chi connectivity index (χ4v) is 2.77. The molecule has 0 aromatic heterocycles. The van der Waals surface area contributed by atoms with Crippen molar-refractivity contribution < 1.29 is 5.11 Å². The quantitative estimate of drug-likeness (QED) is 0.692. The number of nitrogens with one attached hydrogen (secondary N) is 1. The highest BCUT2D eigenvalue weighted by Gasteiger charge is 2.25. The molecule has 96 valence electrons. The molecule has 0 spiro atoms. The van der Waals surface area contributed by atoms with Crippen LogP contribution in [-0.2, 0) is 0 Å². The molecule has 0 aromatic carbocycles. The van der Waals surface area contributed by atoms with Crippen molar-refractivity contribution in [2.75, 3.05) is 32.8 Å². The van der Waals surface area contributed by atoms with Crippen molar-refractivity contribution in [1.29, 1.82) is 0 Å². The lowest BCUT2D eigenvalue weighted by molar-refractivity contribution is 0.112. The molecule has 2 atom stereocenters. The third-order valence-corrected chi connectivity index (χ3v) is 3.49. The number of likely N-dealkylation sites (tertiary alicyclic amines) is 1. The molecule has 1 aliphatic heterocycles. The number of hydrogen-bond acceptors (Lipinski definition) is 3. The standard InChI is InChI=1S/C13H28N2O/c1-3-5-6-12-9-13(14-4-2)11-15(10-12)7-8-16/h12-14,16H,3-11H2,1-2H3. The Balaban J connectivity index is 2.38. The fourth-order valence-electron chi connectivity index (χ4n) is 2.77. The van der Waals surface area contributed by atoms with Crippen LogP contribution in [0.5, 0.6) is 0 Å². The predicted molar refractivity (Wildman–Crippen MR) is 68.6 cm³/mol. The zero-order valence-electron chi connectivity index (χ0n) is 10.9. The van der Waals surface area contributed by atoms with Gasteiger partial charge in [0.05, 0.1) is 6.61 Å². The van der Waals surface area contributed by atoms with Crippen molar-refractivity contribution in [1.82, 2.24) is 10.2 Å². The molecule has 2 unspecified atom stereocenters. The molecule has 1 rings (SSSR count). The van der Waals surface area contributed by atoms with Gasteiger partial charge in [-0.2, -0.15) is 0 Å². The van der Waals surface area contributed by atoms with Gasteiger partial charge in [-0.1, -0.05) is 26.7 Å². The molecule has 1 heterocycles. The van der Waals surface area contributed by atoms with Crippen molar-refractivity contribution in [2.45, 2.75) is 45.6 Å². The highest BCUT2D eigenvalue weighted by molar-refractivity contribution is 4.83. The van der Waals surface area contributed by atoms with E-state index in [1.807, 2.05) is 0 Å². The maximum absolute atomic E-state index is 9.03. The first-order valence-electron chi connectivity index (χ1n) is 6.86. The molecule has 0 aromatic rings. The van der Waals surface area contributed by atoms with Crippen molar-refractivity contribution in [3.8, 4) is 0 Å².